The Kier molecular flexibility index (Phi) is 12.5. The van der Waals surface area contributed by atoms with Crippen LogP contribution in [0.4, 0.5) is 0 Å². The fraction of sp³-hybridized carbons (Fsp3) is 0.941. The second-order valence-electron chi connectivity index (χ2n) is 5.93. The summed E-state index contributed by atoms with van der Waals surface area (Å²) in [5.74, 6) is 1.43. The smallest absolute Gasteiger partial charge is 0.0417 e. The molecule has 0 bridgehead atoms. The Morgan fingerprint density at radius 3 is 1.53 bits per heavy atom. The molecule has 0 aromatic carbocycles. The summed E-state index contributed by atoms with van der Waals surface area (Å²) in [7, 11) is 0. The van der Waals surface area contributed by atoms with Crippen molar-refractivity contribution in [3.8, 4) is 0 Å². The van der Waals surface area contributed by atoms with E-state index in [-0.39, 0.29) is 0 Å². The van der Waals surface area contributed by atoms with Crippen molar-refractivity contribution in [1.82, 2.24) is 0 Å². The van der Waals surface area contributed by atoms with Crippen molar-refractivity contribution in [2.24, 2.45) is 11.8 Å². The van der Waals surface area contributed by atoms with E-state index in [0.29, 0.717) is 5.92 Å². The lowest BCUT2D eigenvalue weighted by Gasteiger charge is -2.14. The maximum absolute atomic E-state index is 4.10. The highest BCUT2D eigenvalue weighted by Gasteiger charge is 2.05. The molecule has 0 aliphatic rings. The molecule has 0 nitrogen and oxygen atoms in total. The highest BCUT2D eigenvalue weighted by Crippen LogP contribution is 2.18. The Balaban J connectivity index is 3.03. The molecule has 0 aliphatic carbocycles. The molecule has 2 atom stereocenters. The maximum Gasteiger partial charge on any atom is -0.0417 e. The third-order valence-corrected chi connectivity index (χ3v) is 3.98. The summed E-state index contributed by atoms with van der Waals surface area (Å²) >= 11 is 0. The first kappa shape index (κ1) is 17.0. The van der Waals surface area contributed by atoms with Crippen LogP contribution in [0, 0.1) is 18.8 Å². The standard InChI is InChI=1S/C17H35/c1-5-6-7-8-9-10-11-12-13-14-15-17(4)16(2)3/h16-17H,2,5-15H2,1,3-4H3. The van der Waals surface area contributed by atoms with Gasteiger partial charge in [0.1, 0.15) is 0 Å². The molecular formula is C17H35. The van der Waals surface area contributed by atoms with E-state index in [1.165, 1.54) is 70.6 Å². The van der Waals surface area contributed by atoms with Crippen molar-refractivity contribution < 1.29 is 0 Å². The Labute approximate surface area is 111 Å². The molecule has 0 aromatic rings. The molecule has 0 saturated heterocycles. The van der Waals surface area contributed by atoms with Gasteiger partial charge in [0.25, 0.3) is 0 Å². The van der Waals surface area contributed by atoms with Crippen LogP contribution in [0.3, 0.4) is 0 Å². The number of unbranched alkanes of at least 4 members (excludes halogenated alkanes) is 9. The zero-order valence-electron chi connectivity index (χ0n) is 12.6. The highest BCUT2D eigenvalue weighted by atomic mass is 14.1. The van der Waals surface area contributed by atoms with Crippen LogP contribution in [-0.2, 0) is 0 Å². The van der Waals surface area contributed by atoms with Crippen molar-refractivity contribution >= 4 is 0 Å². The molecule has 2 unspecified atom stereocenters. The largest absolute Gasteiger partial charge is 0.0654 e. The average molecular weight is 239 g/mol. The van der Waals surface area contributed by atoms with E-state index in [1.807, 2.05) is 0 Å². The Hall–Kier alpha value is 0. The van der Waals surface area contributed by atoms with Gasteiger partial charge in [0, 0.05) is 0 Å². The Morgan fingerprint density at radius 2 is 1.12 bits per heavy atom. The van der Waals surface area contributed by atoms with E-state index < -0.39 is 0 Å². The minimum atomic E-state index is 0.619. The first-order valence-electron chi connectivity index (χ1n) is 8.01. The number of hydrogen-bond donors (Lipinski definition) is 0. The van der Waals surface area contributed by atoms with Crippen molar-refractivity contribution in [2.45, 2.75) is 91.4 Å². The van der Waals surface area contributed by atoms with Crippen molar-refractivity contribution in [2.75, 3.05) is 0 Å². The molecule has 0 aromatic heterocycles. The molecule has 0 rings (SSSR count). The topological polar surface area (TPSA) is 0 Å². The normalized spacial score (nSPS) is 13.2. The lowest BCUT2D eigenvalue weighted by atomic mass is 9.92. The molecule has 1 radical (unpaired) electrons. The predicted molar refractivity (Wildman–Crippen MR) is 80.1 cm³/mol. The van der Waals surface area contributed by atoms with E-state index >= 15 is 0 Å². The van der Waals surface area contributed by atoms with Gasteiger partial charge in [0.05, 0.1) is 0 Å². The third kappa shape index (κ3) is 12.2. The molecule has 103 valence electrons. The SMILES string of the molecule is [CH2]C(C)C(C)CCCCCCCCCCCC. The monoisotopic (exact) mass is 239 g/mol. The van der Waals surface area contributed by atoms with Crippen LogP contribution in [0.25, 0.3) is 0 Å². The van der Waals surface area contributed by atoms with Crippen molar-refractivity contribution in [3.63, 3.8) is 0 Å². The van der Waals surface area contributed by atoms with Gasteiger partial charge in [-0.2, -0.15) is 0 Å². The van der Waals surface area contributed by atoms with Crippen LogP contribution >= 0.6 is 0 Å². The molecule has 0 heteroatoms. The molecule has 0 heterocycles. The fourth-order valence-corrected chi connectivity index (χ4v) is 2.24. The Bertz CT molecular complexity index is 137. The minimum absolute atomic E-state index is 0.619. The Morgan fingerprint density at radius 1 is 0.706 bits per heavy atom. The van der Waals surface area contributed by atoms with E-state index in [1.54, 1.807) is 0 Å². The summed E-state index contributed by atoms with van der Waals surface area (Å²) in [5, 5.41) is 0. The summed E-state index contributed by atoms with van der Waals surface area (Å²) < 4.78 is 0. The first-order chi connectivity index (χ1) is 8.18. The quantitative estimate of drug-likeness (QED) is 0.345. The van der Waals surface area contributed by atoms with E-state index in [2.05, 4.69) is 27.7 Å². The lowest BCUT2D eigenvalue weighted by Crippen LogP contribution is -2.03. The number of rotatable bonds is 12. The van der Waals surface area contributed by atoms with Crippen LogP contribution in [-0.4, -0.2) is 0 Å². The molecule has 0 fully saturated rings. The van der Waals surface area contributed by atoms with Crippen LogP contribution in [0.2, 0.25) is 0 Å². The third-order valence-electron chi connectivity index (χ3n) is 3.98. The molecule has 0 amide bonds. The van der Waals surface area contributed by atoms with Gasteiger partial charge >= 0.3 is 0 Å². The first-order valence-corrected chi connectivity index (χ1v) is 8.01. The maximum atomic E-state index is 4.10. The second-order valence-corrected chi connectivity index (χ2v) is 5.93. The number of hydrogen-bond acceptors (Lipinski definition) is 0. The van der Waals surface area contributed by atoms with Gasteiger partial charge in [-0.3, -0.25) is 0 Å². The molecule has 0 aliphatic heterocycles. The van der Waals surface area contributed by atoms with Gasteiger partial charge in [0.15, 0.2) is 0 Å². The van der Waals surface area contributed by atoms with Gasteiger partial charge in [0.2, 0.25) is 0 Å². The van der Waals surface area contributed by atoms with Crippen molar-refractivity contribution in [3.05, 3.63) is 6.92 Å². The summed E-state index contributed by atoms with van der Waals surface area (Å²) in [6, 6.07) is 0. The van der Waals surface area contributed by atoms with E-state index in [4.69, 9.17) is 0 Å². The van der Waals surface area contributed by atoms with Crippen LogP contribution in [0.15, 0.2) is 0 Å². The summed E-state index contributed by atoms with van der Waals surface area (Å²) in [6.07, 6.45) is 15.8. The van der Waals surface area contributed by atoms with Gasteiger partial charge in [-0.15, -0.1) is 0 Å². The second kappa shape index (κ2) is 12.5. The van der Waals surface area contributed by atoms with Crippen LogP contribution in [0.1, 0.15) is 91.4 Å². The van der Waals surface area contributed by atoms with Gasteiger partial charge in [-0.05, 0) is 11.8 Å². The lowest BCUT2D eigenvalue weighted by molar-refractivity contribution is 0.402. The average Bonchev–Trinajstić information content (AvgIpc) is 2.31. The predicted octanol–water partition coefficient (Wildman–Crippen LogP) is 6.40. The summed E-state index contributed by atoms with van der Waals surface area (Å²) in [4.78, 5) is 0. The zero-order valence-corrected chi connectivity index (χ0v) is 12.6. The van der Waals surface area contributed by atoms with E-state index in [0.717, 1.165) is 5.92 Å². The molecular weight excluding hydrogens is 204 g/mol. The zero-order chi connectivity index (χ0) is 12.9. The molecule has 0 spiro atoms. The molecule has 0 saturated carbocycles. The van der Waals surface area contributed by atoms with Gasteiger partial charge in [-0.1, -0.05) is 98.3 Å². The fourth-order valence-electron chi connectivity index (χ4n) is 2.24. The van der Waals surface area contributed by atoms with Gasteiger partial charge < -0.3 is 0 Å². The van der Waals surface area contributed by atoms with Crippen LogP contribution in [0.5, 0.6) is 0 Å². The van der Waals surface area contributed by atoms with E-state index in [9.17, 15) is 0 Å². The summed E-state index contributed by atoms with van der Waals surface area (Å²) in [5.41, 5.74) is 0. The highest BCUT2D eigenvalue weighted by molar-refractivity contribution is 4.63. The summed E-state index contributed by atoms with van der Waals surface area (Å²) in [6.45, 7) is 11.0. The van der Waals surface area contributed by atoms with Crippen molar-refractivity contribution in [1.29, 1.82) is 0 Å². The van der Waals surface area contributed by atoms with Crippen LogP contribution < -0.4 is 0 Å². The molecule has 17 heavy (non-hydrogen) atoms. The van der Waals surface area contributed by atoms with Gasteiger partial charge in [-0.25, -0.2) is 0 Å². The minimum Gasteiger partial charge on any atom is -0.0654 e. The molecule has 0 N–H and O–H groups in total.